The van der Waals surface area contributed by atoms with Crippen LogP contribution in [0.3, 0.4) is 0 Å². The molecule has 0 saturated heterocycles. The van der Waals surface area contributed by atoms with Crippen molar-refractivity contribution in [2.75, 3.05) is 22.9 Å². The number of nitrogens with zero attached hydrogens (tertiary/aromatic N) is 2. The highest BCUT2D eigenvalue weighted by Gasteiger charge is 2.13. The van der Waals surface area contributed by atoms with E-state index in [4.69, 9.17) is 10.7 Å². The molecule has 0 aliphatic heterocycles. The Morgan fingerprint density at radius 3 is 2.09 bits per heavy atom. The summed E-state index contributed by atoms with van der Waals surface area (Å²) in [7, 11) is 1.72. The number of aryl methyl sites for hydroxylation is 1. The molecule has 2 aromatic heterocycles. The quantitative estimate of drug-likeness (QED) is 0.278. The number of nitrogens with two attached hydrogens (primary N) is 1. The molecule has 0 saturated carbocycles. The van der Waals surface area contributed by atoms with Crippen molar-refractivity contribution in [2.45, 2.75) is 0 Å². The van der Waals surface area contributed by atoms with Crippen LogP contribution in [0.15, 0.2) is 85.1 Å². The molecule has 0 aliphatic carbocycles. The topological polar surface area (TPSA) is 114 Å². The average molecular weight is 465 g/mol. The van der Waals surface area contributed by atoms with Gasteiger partial charge in [0.25, 0.3) is 5.91 Å². The molecule has 2 heterocycles. The van der Waals surface area contributed by atoms with Crippen molar-refractivity contribution in [3.63, 3.8) is 0 Å². The van der Waals surface area contributed by atoms with Crippen LogP contribution in [-0.2, 0) is 11.8 Å². The van der Waals surface area contributed by atoms with E-state index in [0.29, 0.717) is 17.1 Å². The van der Waals surface area contributed by atoms with Crippen molar-refractivity contribution < 1.29 is 9.59 Å². The van der Waals surface area contributed by atoms with Crippen molar-refractivity contribution in [3.05, 3.63) is 90.8 Å². The Hall–Kier alpha value is -4.85. The molecule has 0 atom stereocenters. The maximum atomic E-state index is 12.3. The molecule has 0 bridgehead atoms. The Kier molecular flexibility index (Phi) is 5.76. The van der Waals surface area contributed by atoms with Gasteiger partial charge in [-0.1, -0.05) is 36.4 Å². The van der Waals surface area contributed by atoms with Gasteiger partial charge in [0.05, 0.1) is 29.0 Å². The van der Waals surface area contributed by atoms with E-state index in [2.05, 4.69) is 16.0 Å². The molecule has 35 heavy (non-hydrogen) atoms. The molecule has 0 radical (unpaired) electrons. The highest BCUT2D eigenvalue weighted by atomic mass is 16.2. The zero-order valence-electron chi connectivity index (χ0n) is 19.1. The van der Waals surface area contributed by atoms with E-state index in [-0.39, 0.29) is 18.4 Å². The van der Waals surface area contributed by atoms with Crippen molar-refractivity contribution in [3.8, 4) is 0 Å². The first kappa shape index (κ1) is 22.0. The van der Waals surface area contributed by atoms with Gasteiger partial charge < -0.3 is 26.3 Å². The lowest BCUT2D eigenvalue weighted by Crippen LogP contribution is -2.33. The van der Waals surface area contributed by atoms with Gasteiger partial charge in [-0.15, -0.1) is 0 Å². The third-order valence-corrected chi connectivity index (χ3v) is 5.69. The minimum absolute atomic E-state index is 0.154. The number of para-hydroxylation sites is 2. The SMILES string of the molecule is Cn1cc(N)cc1C(=O)NCC(=O)Nc1ccc(Nc2c3ccccc3nc3ccccc23)cc1. The number of nitrogen functional groups attached to an aromatic ring is 1. The first-order valence-corrected chi connectivity index (χ1v) is 11.1. The molecule has 0 aliphatic rings. The summed E-state index contributed by atoms with van der Waals surface area (Å²) in [6, 6.07) is 25.0. The first-order chi connectivity index (χ1) is 17.0. The molecular weight excluding hydrogens is 440 g/mol. The van der Waals surface area contributed by atoms with Gasteiger partial charge in [0, 0.05) is 35.4 Å². The van der Waals surface area contributed by atoms with Crippen molar-refractivity contribution >= 4 is 56.4 Å². The fourth-order valence-electron chi connectivity index (χ4n) is 4.03. The Bertz CT molecular complexity index is 1500. The van der Waals surface area contributed by atoms with Crippen LogP contribution in [-0.4, -0.2) is 27.9 Å². The van der Waals surface area contributed by atoms with E-state index in [1.165, 1.54) is 0 Å². The molecule has 0 spiro atoms. The minimum atomic E-state index is -0.365. The van der Waals surface area contributed by atoms with E-state index in [0.717, 1.165) is 33.2 Å². The second-order valence-electron chi connectivity index (χ2n) is 8.22. The van der Waals surface area contributed by atoms with Gasteiger partial charge in [-0.2, -0.15) is 0 Å². The second kappa shape index (κ2) is 9.18. The molecule has 3 aromatic carbocycles. The fourth-order valence-corrected chi connectivity index (χ4v) is 4.03. The third kappa shape index (κ3) is 4.63. The Morgan fingerprint density at radius 1 is 0.886 bits per heavy atom. The normalized spacial score (nSPS) is 10.9. The van der Waals surface area contributed by atoms with Gasteiger partial charge in [0.1, 0.15) is 5.69 Å². The molecule has 174 valence electrons. The highest BCUT2D eigenvalue weighted by molar-refractivity contribution is 6.08. The molecule has 8 nitrogen and oxygen atoms in total. The lowest BCUT2D eigenvalue weighted by atomic mass is 10.1. The minimum Gasteiger partial charge on any atom is -0.397 e. The van der Waals surface area contributed by atoms with Crippen LogP contribution in [0, 0.1) is 0 Å². The van der Waals surface area contributed by atoms with Gasteiger partial charge in [-0.3, -0.25) is 9.59 Å². The van der Waals surface area contributed by atoms with Crippen molar-refractivity contribution in [1.82, 2.24) is 14.9 Å². The first-order valence-electron chi connectivity index (χ1n) is 11.1. The summed E-state index contributed by atoms with van der Waals surface area (Å²) in [5.74, 6) is -0.692. The maximum absolute atomic E-state index is 12.3. The molecular formula is C27H24N6O2. The lowest BCUT2D eigenvalue weighted by molar-refractivity contribution is -0.115. The van der Waals surface area contributed by atoms with Crippen molar-refractivity contribution in [1.29, 1.82) is 0 Å². The number of carbonyl (C=O) groups excluding carboxylic acids is 2. The van der Waals surface area contributed by atoms with Crippen LogP contribution in [0.5, 0.6) is 0 Å². The van der Waals surface area contributed by atoms with Crippen molar-refractivity contribution in [2.24, 2.45) is 7.05 Å². The number of rotatable bonds is 6. The number of amides is 2. The van der Waals surface area contributed by atoms with Crippen LogP contribution in [0.25, 0.3) is 21.8 Å². The lowest BCUT2D eigenvalue weighted by Gasteiger charge is -2.14. The fraction of sp³-hybridized carbons (Fsp3) is 0.0741. The summed E-state index contributed by atoms with van der Waals surface area (Å²) < 4.78 is 1.61. The van der Waals surface area contributed by atoms with Crippen LogP contribution < -0.4 is 21.7 Å². The number of benzene rings is 3. The number of hydrogen-bond donors (Lipinski definition) is 4. The number of aromatic nitrogens is 2. The van der Waals surface area contributed by atoms with Crippen LogP contribution in [0.4, 0.5) is 22.7 Å². The second-order valence-corrected chi connectivity index (χ2v) is 8.22. The number of carbonyl (C=O) groups is 2. The summed E-state index contributed by atoms with van der Waals surface area (Å²) in [6.45, 7) is -0.154. The predicted molar refractivity (Wildman–Crippen MR) is 140 cm³/mol. The smallest absolute Gasteiger partial charge is 0.268 e. The van der Waals surface area contributed by atoms with E-state index < -0.39 is 0 Å². The molecule has 2 amide bonds. The summed E-state index contributed by atoms with van der Waals surface area (Å²) in [6.07, 6.45) is 1.64. The summed E-state index contributed by atoms with van der Waals surface area (Å²) in [4.78, 5) is 29.3. The predicted octanol–water partition coefficient (Wildman–Crippen LogP) is 4.42. The number of hydrogen-bond acceptors (Lipinski definition) is 5. The molecule has 5 aromatic rings. The molecule has 0 unspecified atom stereocenters. The van der Waals surface area contributed by atoms with Crippen LogP contribution in [0.2, 0.25) is 0 Å². The van der Waals surface area contributed by atoms with E-state index in [1.54, 1.807) is 23.9 Å². The monoisotopic (exact) mass is 464 g/mol. The summed E-state index contributed by atoms with van der Waals surface area (Å²) in [5, 5.41) is 11.0. The standard InChI is InChI=1S/C27H24N6O2/c1-33-16-17(28)14-24(33)27(35)29-15-25(34)30-18-10-12-19(13-11-18)31-26-20-6-2-4-8-22(20)32-23-9-5-3-7-21(23)26/h2-14,16H,15,28H2,1H3,(H,29,35)(H,30,34)(H,31,32). The highest BCUT2D eigenvalue weighted by Crippen LogP contribution is 2.33. The van der Waals surface area contributed by atoms with Gasteiger partial charge in [0.2, 0.25) is 5.91 Å². The molecule has 8 heteroatoms. The average Bonchev–Trinajstić information content (AvgIpc) is 3.21. The van der Waals surface area contributed by atoms with Gasteiger partial charge in [0.15, 0.2) is 0 Å². The third-order valence-electron chi connectivity index (χ3n) is 5.69. The number of nitrogens with one attached hydrogen (secondary N) is 3. The van der Waals surface area contributed by atoms with Crippen LogP contribution >= 0.6 is 0 Å². The number of pyridine rings is 1. The summed E-state index contributed by atoms with van der Waals surface area (Å²) in [5.41, 5.74) is 10.9. The Morgan fingerprint density at radius 2 is 1.49 bits per heavy atom. The van der Waals surface area contributed by atoms with E-state index in [9.17, 15) is 9.59 Å². The van der Waals surface area contributed by atoms with Gasteiger partial charge in [-0.05, 0) is 42.5 Å². The Labute approximate surface area is 201 Å². The van der Waals surface area contributed by atoms with Gasteiger partial charge >= 0.3 is 0 Å². The molecule has 5 rings (SSSR count). The summed E-state index contributed by atoms with van der Waals surface area (Å²) >= 11 is 0. The maximum Gasteiger partial charge on any atom is 0.268 e. The van der Waals surface area contributed by atoms with Gasteiger partial charge in [-0.25, -0.2) is 4.98 Å². The van der Waals surface area contributed by atoms with E-state index in [1.807, 2.05) is 72.8 Å². The number of anilines is 4. The largest absolute Gasteiger partial charge is 0.397 e. The molecule has 0 fully saturated rings. The molecule has 5 N–H and O–H groups in total. The number of fused-ring (bicyclic) bond motifs is 2. The van der Waals surface area contributed by atoms with E-state index >= 15 is 0 Å². The Balaban J connectivity index is 1.27. The zero-order chi connectivity index (χ0) is 24.4. The van der Waals surface area contributed by atoms with Crippen LogP contribution in [0.1, 0.15) is 10.5 Å². The zero-order valence-corrected chi connectivity index (χ0v) is 19.1.